The van der Waals surface area contributed by atoms with Crippen molar-refractivity contribution in [1.82, 2.24) is 5.32 Å². The molecule has 0 bridgehead atoms. The Morgan fingerprint density at radius 2 is 1.74 bits per heavy atom. The zero-order valence-electron chi connectivity index (χ0n) is 19.8. The molecule has 1 aliphatic carbocycles. The van der Waals surface area contributed by atoms with Crippen LogP contribution in [0.5, 0.6) is 0 Å². The van der Waals surface area contributed by atoms with E-state index in [9.17, 15) is 14.7 Å². The van der Waals surface area contributed by atoms with Crippen molar-refractivity contribution >= 4 is 24.1 Å². The fraction of sp³-hybridized carbons (Fsp3) is 0.407. The van der Waals surface area contributed by atoms with E-state index in [4.69, 9.17) is 14.9 Å². The molecule has 2 fully saturated rings. The SMILES string of the molecule is CN=C(NC(=O)OCC1CCOCC1)C(C=N)c1ccc(-c2ccc(C3(C(=O)O)CC3)cc2)cc1. The van der Waals surface area contributed by atoms with Crippen LogP contribution in [-0.4, -0.2) is 56.1 Å². The van der Waals surface area contributed by atoms with Crippen LogP contribution < -0.4 is 5.32 Å². The van der Waals surface area contributed by atoms with Crippen molar-refractivity contribution in [2.75, 3.05) is 26.9 Å². The highest BCUT2D eigenvalue weighted by molar-refractivity contribution is 6.07. The van der Waals surface area contributed by atoms with Gasteiger partial charge in [0.15, 0.2) is 0 Å². The molecule has 184 valence electrons. The fourth-order valence-electron chi connectivity index (χ4n) is 4.47. The summed E-state index contributed by atoms with van der Waals surface area (Å²) in [5, 5.41) is 20.1. The average molecular weight is 478 g/mol. The second kappa shape index (κ2) is 10.8. The van der Waals surface area contributed by atoms with Gasteiger partial charge in [-0.2, -0.15) is 0 Å². The maximum Gasteiger partial charge on any atom is 0.412 e. The van der Waals surface area contributed by atoms with Gasteiger partial charge in [-0.25, -0.2) is 4.79 Å². The van der Waals surface area contributed by atoms with E-state index in [2.05, 4.69) is 10.3 Å². The standard InChI is InChI=1S/C27H31N3O5/c1-29-24(30-26(33)35-17-18-10-14-34-15-11-18)23(16-28)21-4-2-19(3-5-21)20-6-8-22(9-7-20)27(12-13-27)25(31)32/h2-9,16,18,23,28H,10-15,17H2,1H3,(H,31,32)(H,29,30,33). The molecule has 2 aromatic rings. The highest BCUT2D eigenvalue weighted by atomic mass is 16.5. The normalized spacial score (nSPS) is 18.4. The second-order valence-corrected chi connectivity index (χ2v) is 9.12. The van der Waals surface area contributed by atoms with Crippen LogP contribution in [0.3, 0.4) is 0 Å². The van der Waals surface area contributed by atoms with Crippen molar-refractivity contribution in [1.29, 1.82) is 5.41 Å². The molecular weight excluding hydrogens is 446 g/mol. The molecule has 1 aliphatic heterocycles. The monoisotopic (exact) mass is 477 g/mol. The summed E-state index contributed by atoms with van der Waals surface area (Å²) in [6.45, 7) is 1.72. The number of hydrogen-bond donors (Lipinski definition) is 3. The molecular formula is C27H31N3O5. The van der Waals surface area contributed by atoms with Crippen molar-refractivity contribution < 1.29 is 24.2 Å². The lowest BCUT2D eigenvalue weighted by molar-refractivity contribution is -0.140. The summed E-state index contributed by atoms with van der Waals surface area (Å²) >= 11 is 0. The molecule has 2 aliphatic rings. The van der Waals surface area contributed by atoms with Crippen molar-refractivity contribution in [3.8, 4) is 11.1 Å². The van der Waals surface area contributed by atoms with Crippen molar-refractivity contribution in [3.05, 3.63) is 59.7 Å². The zero-order valence-corrected chi connectivity index (χ0v) is 19.8. The summed E-state index contributed by atoms with van der Waals surface area (Å²) in [5.74, 6) is -0.632. The molecule has 8 nitrogen and oxygen atoms in total. The molecule has 4 rings (SSSR count). The van der Waals surface area contributed by atoms with Crippen LogP contribution in [0.1, 0.15) is 42.7 Å². The van der Waals surface area contributed by atoms with E-state index in [0.717, 1.165) is 35.1 Å². The maximum atomic E-state index is 12.3. The molecule has 1 amide bonds. The number of alkyl carbamates (subject to hydrolysis) is 1. The van der Waals surface area contributed by atoms with E-state index < -0.39 is 23.4 Å². The number of ether oxygens (including phenoxy) is 2. The number of nitrogens with one attached hydrogen (secondary N) is 2. The van der Waals surface area contributed by atoms with Crippen molar-refractivity contribution in [3.63, 3.8) is 0 Å². The molecule has 1 unspecified atom stereocenters. The first kappa shape index (κ1) is 24.6. The third-order valence-corrected chi connectivity index (χ3v) is 6.92. The number of carboxylic acids is 1. The highest BCUT2D eigenvalue weighted by Gasteiger charge is 2.51. The number of carboxylic acid groups (broad SMARTS) is 1. The minimum atomic E-state index is -0.762. The largest absolute Gasteiger partial charge is 0.481 e. The van der Waals surface area contributed by atoms with Gasteiger partial charge in [0.2, 0.25) is 0 Å². The molecule has 1 saturated heterocycles. The predicted molar refractivity (Wildman–Crippen MR) is 133 cm³/mol. The minimum absolute atomic E-state index is 0.301. The Morgan fingerprint density at radius 1 is 1.14 bits per heavy atom. The van der Waals surface area contributed by atoms with E-state index in [1.54, 1.807) is 7.05 Å². The summed E-state index contributed by atoms with van der Waals surface area (Å²) in [6, 6.07) is 15.4. The first-order valence-corrected chi connectivity index (χ1v) is 11.9. The number of amides is 1. The van der Waals surface area contributed by atoms with Gasteiger partial charge >= 0.3 is 12.1 Å². The van der Waals surface area contributed by atoms with Crippen LogP contribution in [0, 0.1) is 11.3 Å². The smallest absolute Gasteiger partial charge is 0.412 e. The zero-order chi connectivity index (χ0) is 24.8. The van der Waals surface area contributed by atoms with Gasteiger partial charge in [0.1, 0.15) is 5.84 Å². The van der Waals surface area contributed by atoms with E-state index in [-0.39, 0.29) is 0 Å². The molecule has 0 aromatic heterocycles. The van der Waals surface area contributed by atoms with Crippen LogP contribution in [0.15, 0.2) is 53.5 Å². The Hall–Kier alpha value is -3.52. The van der Waals surface area contributed by atoms with E-state index >= 15 is 0 Å². The predicted octanol–water partition coefficient (Wildman–Crippen LogP) is 4.38. The number of carbonyl (C=O) groups excluding carboxylic acids is 1. The van der Waals surface area contributed by atoms with Crippen molar-refractivity contribution in [2.24, 2.45) is 10.9 Å². The van der Waals surface area contributed by atoms with E-state index in [1.165, 1.54) is 6.21 Å². The Morgan fingerprint density at radius 3 is 2.26 bits per heavy atom. The van der Waals surface area contributed by atoms with Gasteiger partial charge in [-0.3, -0.25) is 15.1 Å². The number of carbonyl (C=O) groups is 2. The summed E-state index contributed by atoms with van der Waals surface area (Å²) in [5.41, 5.74) is 2.89. The molecule has 2 aromatic carbocycles. The summed E-state index contributed by atoms with van der Waals surface area (Å²) < 4.78 is 10.7. The Bertz CT molecular complexity index is 1080. The Labute approximate surface area is 204 Å². The minimum Gasteiger partial charge on any atom is -0.481 e. The number of benzene rings is 2. The number of amidine groups is 1. The van der Waals surface area contributed by atoms with Gasteiger partial charge < -0.3 is 20.0 Å². The fourth-order valence-corrected chi connectivity index (χ4v) is 4.47. The molecule has 1 heterocycles. The number of aliphatic imine (C=N–C) groups is 1. The summed E-state index contributed by atoms with van der Waals surface area (Å²) in [4.78, 5) is 28.1. The first-order valence-electron chi connectivity index (χ1n) is 11.9. The molecule has 3 N–H and O–H groups in total. The lowest BCUT2D eigenvalue weighted by atomic mass is 9.92. The lowest BCUT2D eigenvalue weighted by Crippen LogP contribution is -2.37. The Balaban J connectivity index is 1.39. The third-order valence-electron chi connectivity index (χ3n) is 6.92. The van der Waals surface area contributed by atoms with Gasteiger partial charge in [-0.1, -0.05) is 48.5 Å². The van der Waals surface area contributed by atoms with Crippen molar-refractivity contribution in [2.45, 2.75) is 37.0 Å². The third kappa shape index (κ3) is 5.59. The molecule has 1 saturated carbocycles. The van der Waals surface area contributed by atoms with Gasteiger partial charge in [0, 0.05) is 26.5 Å². The number of hydrogen-bond acceptors (Lipinski definition) is 6. The number of rotatable bonds is 8. The van der Waals surface area contributed by atoms with Gasteiger partial charge in [-0.05, 0) is 53.9 Å². The van der Waals surface area contributed by atoms with E-state index in [1.807, 2.05) is 48.5 Å². The maximum absolute atomic E-state index is 12.3. The van der Waals surface area contributed by atoms with Gasteiger partial charge in [-0.15, -0.1) is 0 Å². The van der Waals surface area contributed by atoms with Gasteiger partial charge in [0.05, 0.1) is 17.9 Å². The van der Waals surface area contributed by atoms with Crippen LogP contribution in [-0.2, 0) is 19.7 Å². The average Bonchev–Trinajstić information content (AvgIpc) is 3.71. The van der Waals surface area contributed by atoms with Gasteiger partial charge in [0.25, 0.3) is 0 Å². The quantitative estimate of drug-likeness (QED) is 0.385. The first-order chi connectivity index (χ1) is 17.0. The number of nitrogens with zero attached hydrogens (tertiary/aromatic N) is 1. The summed E-state index contributed by atoms with van der Waals surface area (Å²) in [7, 11) is 1.57. The highest BCUT2D eigenvalue weighted by Crippen LogP contribution is 2.48. The number of aliphatic carboxylic acids is 1. The molecule has 35 heavy (non-hydrogen) atoms. The molecule has 1 atom stereocenters. The molecule has 8 heteroatoms. The van der Waals surface area contributed by atoms with Crippen LogP contribution in [0.4, 0.5) is 4.79 Å². The molecule has 0 radical (unpaired) electrons. The van der Waals surface area contributed by atoms with Crippen LogP contribution in [0.25, 0.3) is 11.1 Å². The molecule has 0 spiro atoms. The second-order valence-electron chi connectivity index (χ2n) is 9.12. The van der Waals surface area contributed by atoms with E-state index in [0.29, 0.717) is 44.4 Å². The van der Waals surface area contributed by atoms with Crippen LogP contribution in [0.2, 0.25) is 0 Å². The lowest BCUT2D eigenvalue weighted by Gasteiger charge is -2.22. The summed E-state index contributed by atoms with van der Waals surface area (Å²) in [6.07, 6.45) is 3.78. The topological polar surface area (TPSA) is 121 Å². The van der Waals surface area contributed by atoms with Crippen LogP contribution >= 0.6 is 0 Å². The Kier molecular flexibility index (Phi) is 7.60.